The van der Waals surface area contributed by atoms with E-state index in [1.165, 1.54) is 5.56 Å². The van der Waals surface area contributed by atoms with Gasteiger partial charge in [0.2, 0.25) is 5.91 Å². The first-order chi connectivity index (χ1) is 17.2. The number of nitrogens with one attached hydrogen (secondary N) is 1. The molecule has 1 atom stereocenters. The smallest absolute Gasteiger partial charge is 0.232 e. The van der Waals surface area contributed by atoms with Gasteiger partial charge in [-0.15, -0.1) is 11.8 Å². The Hall–Kier alpha value is -3.59. The Labute approximate surface area is 208 Å². The number of anilines is 2. The van der Waals surface area contributed by atoms with Crippen LogP contribution >= 0.6 is 11.8 Å². The predicted octanol–water partition coefficient (Wildman–Crippen LogP) is 3.91. The molecule has 5 heterocycles. The maximum Gasteiger partial charge on any atom is 0.232 e. The second kappa shape index (κ2) is 9.22. The Morgan fingerprint density at radius 1 is 1.11 bits per heavy atom. The van der Waals surface area contributed by atoms with E-state index in [1.54, 1.807) is 30.4 Å². The number of nitrogens with zero attached hydrogens (tertiary/aromatic N) is 5. The topological polar surface area (TPSA) is 101 Å². The van der Waals surface area contributed by atoms with E-state index in [9.17, 15) is 4.79 Å². The number of aromatic nitrogens is 4. The molecule has 0 aliphatic carbocycles. The summed E-state index contributed by atoms with van der Waals surface area (Å²) in [5, 5.41) is 3.62. The Morgan fingerprint density at radius 2 is 1.91 bits per heavy atom. The van der Waals surface area contributed by atoms with Crippen LogP contribution in [0.1, 0.15) is 41.9 Å². The van der Waals surface area contributed by atoms with Crippen molar-refractivity contribution in [1.82, 2.24) is 24.3 Å². The van der Waals surface area contributed by atoms with Gasteiger partial charge in [0.05, 0.1) is 17.5 Å². The monoisotopic (exact) mass is 485 g/mol. The molecule has 3 N–H and O–H groups in total. The zero-order valence-corrected chi connectivity index (χ0v) is 20.1. The molecule has 178 valence electrons. The van der Waals surface area contributed by atoms with Crippen molar-refractivity contribution < 1.29 is 4.79 Å². The van der Waals surface area contributed by atoms with Crippen LogP contribution in [0, 0.1) is 0 Å². The maximum atomic E-state index is 12.8. The van der Waals surface area contributed by atoms with Gasteiger partial charge >= 0.3 is 0 Å². The molecule has 1 fully saturated rings. The lowest BCUT2D eigenvalue weighted by Crippen LogP contribution is -2.39. The summed E-state index contributed by atoms with van der Waals surface area (Å²) in [6.07, 6.45) is 9.84. The molecule has 0 spiro atoms. The van der Waals surface area contributed by atoms with Gasteiger partial charge in [-0.3, -0.25) is 14.2 Å². The number of benzene rings is 1. The molecule has 1 saturated heterocycles. The number of thioether (sulfide) groups is 1. The fourth-order valence-electron chi connectivity index (χ4n) is 5.17. The van der Waals surface area contributed by atoms with Crippen molar-refractivity contribution in [1.29, 1.82) is 0 Å². The quantitative estimate of drug-likeness (QED) is 0.413. The summed E-state index contributed by atoms with van der Waals surface area (Å²) in [5.74, 6) is 2.40. The van der Waals surface area contributed by atoms with E-state index >= 15 is 0 Å². The molecule has 0 saturated carbocycles. The first-order valence-corrected chi connectivity index (χ1v) is 12.9. The first kappa shape index (κ1) is 21.9. The lowest BCUT2D eigenvalue weighted by atomic mass is 9.96. The number of rotatable bonds is 5. The van der Waals surface area contributed by atoms with Crippen LogP contribution < -0.4 is 11.1 Å². The number of likely N-dealkylation sites (tertiary alicyclic amines) is 1. The van der Waals surface area contributed by atoms with Crippen LogP contribution in [0.25, 0.3) is 5.52 Å². The molecule has 6 rings (SSSR count). The van der Waals surface area contributed by atoms with Gasteiger partial charge in [-0.05, 0) is 36.6 Å². The summed E-state index contributed by atoms with van der Waals surface area (Å²) in [4.78, 5) is 29.4. The van der Waals surface area contributed by atoms with E-state index in [2.05, 4.69) is 37.9 Å². The highest BCUT2D eigenvalue weighted by atomic mass is 32.2. The SMILES string of the molecule is Nc1nccn2c(C3CCN(C(=O)CSc4ccncc4)CC3)nc(C3Cc4ccccc4N3)c12. The summed E-state index contributed by atoms with van der Waals surface area (Å²) in [6, 6.07) is 12.3. The van der Waals surface area contributed by atoms with Crippen molar-refractivity contribution in [2.24, 2.45) is 0 Å². The van der Waals surface area contributed by atoms with Crippen molar-refractivity contribution in [2.45, 2.75) is 36.1 Å². The number of imidazole rings is 1. The number of piperidine rings is 1. The minimum atomic E-state index is 0.0644. The van der Waals surface area contributed by atoms with Crippen LogP contribution in [-0.4, -0.2) is 49.0 Å². The van der Waals surface area contributed by atoms with E-state index in [4.69, 9.17) is 10.7 Å². The van der Waals surface area contributed by atoms with Crippen molar-refractivity contribution in [3.63, 3.8) is 0 Å². The molecule has 35 heavy (non-hydrogen) atoms. The van der Waals surface area contributed by atoms with Gasteiger partial charge in [-0.1, -0.05) is 18.2 Å². The summed E-state index contributed by atoms with van der Waals surface area (Å²) >= 11 is 1.56. The molecule has 4 aromatic rings. The van der Waals surface area contributed by atoms with Gasteiger partial charge in [0, 0.05) is 60.8 Å². The molecule has 2 aliphatic rings. The van der Waals surface area contributed by atoms with Gasteiger partial charge in [0.1, 0.15) is 17.2 Å². The Morgan fingerprint density at radius 3 is 2.71 bits per heavy atom. The van der Waals surface area contributed by atoms with Gasteiger partial charge in [-0.25, -0.2) is 9.97 Å². The zero-order chi connectivity index (χ0) is 23.8. The Balaban J connectivity index is 1.18. The van der Waals surface area contributed by atoms with Crippen LogP contribution in [0.4, 0.5) is 11.5 Å². The highest BCUT2D eigenvalue weighted by molar-refractivity contribution is 8.00. The normalized spacial score (nSPS) is 17.9. The number of carbonyl (C=O) groups is 1. The first-order valence-electron chi connectivity index (χ1n) is 11.9. The van der Waals surface area contributed by atoms with Crippen molar-refractivity contribution in [3.8, 4) is 0 Å². The zero-order valence-electron chi connectivity index (χ0n) is 19.3. The number of amides is 1. The van der Waals surface area contributed by atoms with Crippen LogP contribution in [0.5, 0.6) is 0 Å². The molecule has 1 unspecified atom stereocenters. The average molecular weight is 486 g/mol. The molecule has 8 nitrogen and oxygen atoms in total. The lowest BCUT2D eigenvalue weighted by molar-refractivity contribution is -0.129. The van der Waals surface area contributed by atoms with Gasteiger partial charge in [-0.2, -0.15) is 0 Å². The minimum Gasteiger partial charge on any atom is -0.382 e. The van der Waals surface area contributed by atoms with Gasteiger partial charge in [0.25, 0.3) is 0 Å². The second-order valence-corrected chi connectivity index (χ2v) is 10.1. The molecule has 2 aliphatic heterocycles. The number of nitrogens with two attached hydrogens (primary N) is 1. The van der Waals surface area contributed by atoms with Crippen molar-refractivity contribution >= 4 is 34.7 Å². The summed E-state index contributed by atoms with van der Waals surface area (Å²) in [5.41, 5.74) is 10.6. The number of carbonyl (C=O) groups excluding carboxylic acids is 1. The molecule has 1 amide bonds. The van der Waals surface area contributed by atoms with E-state index in [0.29, 0.717) is 11.6 Å². The van der Waals surface area contributed by atoms with Gasteiger partial charge < -0.3 is 16.0 Å². The van der Waals surface area contributed by atoms with Crippen molar-refractivity contribution in [3.05, 3.63) is 78.3 Å². The molecular weight excluding hydrogens is 458 g/mol. The fraction of sp³-hybridized carbons (Fsp3) is 0.308. The molecule has 0 radical (unpaired) electrons. The summed E-state index contributed by atoms with van der Waals surface area (Å²) < 4.78 is 2.11. The third-order valence-electron chi connectivity index (χ3n) is 6.96. The van der Waals surface area contributed by atoms with Crippen LogP contribution in [0.2, 0.25) is 0 Å². The fourth-order valence-corrected chi connectivity index (χ4v) is 5.95. The van der Waals surface area contributed by atoms with Crippen LogP contribution in [0.3, 0.4) is 0 Å². The molecule has 3 aromatic heterocycles. The van der Waals surface area contributed by atoms with E-state index in [1.807, 2.05) is 29.3 Å². The standard InChI is InChI=1S/C26H27N7OS/c27-25-24-23(21-15-18-3-1-2-4-20(18)30-21)31-26(33(24)14-11-29-25)17-7-12-32(13-8-17)22(34)16-35-19-5-9-28-10-6-19/h1-6,9-11,14,17,21,30H,7-8,12-13,15-16H2,(H2,27,29). The lowest BCUT2D eigenvalue weighted by Gasteiger charge is -2.31. The number of hydrogen-bond donors (Lipinski definition) is 2. The number of pyridine rings is 1. The van der Waals surface area contributed by atoms with Gasteiger partial charge in [0.15, 0.2) is 0 Å². The molecule has 9 heteroatoms. The number of fused-ring (bicyclic) bond motifs is 2. The molecular formula is C26H27N7OS. The summed E-state index contributed by atoms with van der Waals surface area (Å²) in [7, 11) is 0. The third-order valence-corrected chi connectivity index (χ3v) is 7.96. The summed E-state index contributed by atoms with van der Waals surface area (Å²) in [6.45, 7) is 1.47. The van der Waals surface area contributed by atoms with E-state index < -0.39 is 0 Å². The Kier molecular flexibility index (Phi) is 5.77. The molecule has 0 bridgehead atoms. The number of para-hydroxylation sites is 1. The predicted molar refractivity (Wildman–Crippen MR) is 137 cm³/mol. The van der Waals surface area contributed by atoms with Crippen molar-refractivity contribution in [2.75, 3.05) is 29.9 Å². The van der Waals surface area contributed by atoms with E-state index in [0.717, 1.165) is 60.0 Å². The largest absolute Gasteiger partial charge is 0.382 e. The minimum absolute atomic E-state index is 0.0644. The molecule has 1 aromatic carbocycles. The van der Waals surface area contributed by atoms with Crippen LogP contribution in [-0.2, 0) is 11.2 Å². The maximum absolute atomic E-state index is 12.8. The second-order valence-electron chi connectivity index (χ2n) is 9.07. The highest BCUT2D eigenvalue weighted by Gasteiger charge is 2.31. The average Bonchev–Trinajstić information content (AvgIpc) is 3.50. The third kappa shape index (κ3) is 4.20. The Bertz CT molecular complexity index is 1340. The van der Waals surface area contributed by atoms with E-state index in [-0.39, 0.29) is 17.9 Å². The number of hydrogen-bond acceptors (Lipinski definition) is 7. The number of nitrogen functional groups attached to an aromatic ring is 1. The highest BCUT2D eigenvalue weighted by Crippen LogP contribution is 2.38. The van der Waals surface area contributed by atoms with Crippen LogP contribution in [0.15, 0.2) is 66.1 Å².